The second-order valence-corrected chi connectivity index (χ2v) is 7.70. The summed E-state index contributed by atoms with van der Waals surface area (Å²) in [5, 5.41) is 3.36. The molecular formula is C25H25ClN2O2. The van der Waals surface area contributed by atoms with Crippen molar-refractivity contribution in [2.75, 3.05) is 7.05 Å². The standard InChI is InChI=1S/C25H25ClN2O2/c1-18-10-6-7-13-20(18)17-28(2)24(29)16-23(19-11-4-3-5-12-19)27-25(30)21-14-8-9-15-22(21)26/h3-15,23H,16-17H2,1-2H3,(H,27,30). The molecule has 154 valence electrons. The van der Waals surface area contributed by atoms with E-state index in [9.17, 15) is 9.59 Å². The molecule has 3 aromatic carbocycles. The zero-order chi connectivity index (χ0) is 21.5. The Hall–Kier alpha value is -3.11. The van der Waals surface area contributed by atoms with Crippen LogP contribution in [0.4, 0.5) is 0 Å². The van der Waals surface area contributed by atoms with Crippen LogP contribution < -0.4 is 5.32 Å². The van der Waals surface area contributed by atoms with E-state index in [0.29, 0.717) is 17.1 Å². The number of hydrogen-bond acceptors (Lipinski definition) is 2. The number of rotatable bonds is 7. The van der Waals surface area contributed by atoms with Crippen LogP contribution >= 0.6 is 11.6 Å². The zero-order valence-electron chi connectivity index (χ0n) is 17.1. The topological polar surface area (TPSA) is 49.4 Å². The Morgan fingerprint density at radius 3 is 2.27 bits per heavy atom. The first kappa shape index (κ1) is 21.6. The van der Waals surface area contributed by atoms with Gasteiger partial charge in [-0.2, -0.15) is 0 Å². The van der Waals surface area contributed by atoms with E-state index < -0.39 is 6.04 Å². The summed E-state index contributed by atoms with van der Waals surface area (Å²) < 4.78 is 0. The fraction of sp³-hybridized carbons (Fsp3) is 0.200. The van der Waals surface area contributed by atoms with E-state index in [4.69, 9.17) is 11.6 Å². The van der Waals surface area contributed by atoms with Gasteiger partial charge < -0.3 is 10.2 Å². The van der Waals surface area contributed by atoms with Crippen molar-refractivity contribution in [3.8, 4) is 0 Å². The van der Waals surface area contributed by atoms with Crippen LogP contribution in [0.5, 0.6) is 0 Å². The Balaban J connectivity index is 1.76. The van der Waals surface area contributed by atoms with E-state index in [2.05, 4.69) is 5.32 Å². The Morgan fingerprint density at radius 1 is 0.933 bits per heavy atom. The molecule has 0 bridgehead atoms. The van der Waals surface area contributed by atoms with Gasteiger partial charge in [-0.15, -0.1) is 0 Å². The van der Waals surface area contributed by atoms with Crippen molar-refractivity contribution in [3.63, 3.8) is 0 Å². The van der Waals surface area contributed by atoms with Gasteiger partial charge in [0.15, 0.2) is 0 Å². The lowest BCUT2D eigenvalue weighted by Gasteiger charge is -2.24. The maximum Gasteiger partial charge on any atom is 0.253 e. The van der Waals surface area contributed by atoms with Gasteiger partial charge in [0.1, 0.15) is 0 Å². The van der Waals surface area contributed by atoms with Crippen LogP contribution in [0, 0.1) is 6.92 Å². The van der Waals surface area contributed by atoms with Gasteiger partial charge >= 0.3 is 0 Å². The predicted molar refractivity (Wildman–Crippen MR) is 120 cm³/mol. The summed E-state index contributed by atoms with van der Waals surface area (Å²) in [6.07, 6.45) is 0.155. The Bertz CT molecular complexity index is 1020. The number of hydrogen-bond donors (Lipinski definition) is 1. The number of halogens is 1. The average molecular weight is 421 g/mol. The van der Waals surface area contributed by atoms with Crippen LogP contribution in [0.2, 0.25) is 5.02 Å². The minimum absolute atomic E-state index is 0.0495. The van der Waals surface area contributed by atoms with Gasteiger partial charge in [-0.1, -0.05) is 78.3 Å². The molecule has 1 unspecified atom stereocenters. The number of carbonyl (C=O) groups excluding carboxylic acids is 2. The first-order valence-corrected chi connectivity index (χ1v) is 10.2. The maximum atomic E-state index is 13.0. The number of aryl methyl sites for hydroxylation is 1. The summed E-state index contributed by atoms with van der Waals surface area (Å²) in [5.74, 6) is -0.352. The Morgan fingerprint density at radius 2 is 1.57 bits per heavy atom. The second-order valence-electron chi connectivity index (χ2n) is 7.30. The van der Waals surface area contributed by atoms with Crippen LogP contribution in [0.25, 0.3) is 0 Å². The first-order chi connectivity index (χ1) is 14.5. The molecule has 3 rings (SSSR count). The number of nitrogens with one attached hydrogen (secondary N) is 1. The molecule has 1 atom stereocenters. The van der Waals surface area contributed by atoms with Gasteiger partial charge in [0.25, 0.3) is 5.91 Å². The monoisotopic (exact) mass is 420 g/mol. The number of carbonyl (C=O) groups is 2. The number of nitrogens with zero attached hydrogens (tertiary/aromatic N) is 1. The van der Waals surface area contributed by atoms with Crippen LogP contribution in [0.15, 0.2) is 78.9 Å². The van der Waals surface area contributed by atoms with Crippen molar-refractivity contribution in [2.24, 2.45) is 0 Å². The fourth-order valence-corrected chi connectivity index (χ4v) is 3.50. The molecule has 0 aliphatic heterocycles. The summed E-state index contributed by atoms with van der Waals surface area (Å²) in [6.45, 7) is 2.55. The number of benzene rings is 3. The predicted octanol–water partition coefficient (Wildman–Crippen LogP) is 5.17. The largest absolute Gasteiger partial charge is 0.345 e. The van der Waals surface area contributed by atoms with Crippen molar-refractivity contribution in [3.05, 3.63) is 106 Å². The van der Waals surface area contributed by atoms with Crippen molar-refractivity contribution in [1.29, 1.82) is 0 Å². The maximum absolute atomic E-state index is 13.0. The summed E-state index contributed by atoms with van der Waals surface area (Å²) in [4.78, 5) is 27.5. The van der Waals surface area contributed by atoms with Crippen LogP contribution in [-0.2, 0) is 11.3 Å². The minimum Gasteiger partial charge on any atom is -0.345 e. The summed E-state index contributed by atoms with van der Waals surface area (Å²) in [5.41, 5.74) is 3.50. The van der Waals surface area contributed by atoms with Gasteiger partial charge in [0, 0.05) is 13.6 Å². The SMILES string of the molecule is Cc1ccccc1CN(C)C(=O)CC(NC(=O)c1ccccc1Cl)c1ccccc1. The van der Waals surface area contributed by atoms with Crippen LogP contribution in [-0.4, -0.2) is 23.8 Å². The molecule has 30 heavy (non-hydrogen) atoms. The third kappa shape index (κ3) is 5.49. The number of amides is 2. The van der Waals surface area contributed by atoms with Gasteiger partial charge in [-0.3, -0.25) is 9.59 Å². The second kappa shape index (κ2) is 10.1. The van der Waals surface area contributed by atoms with Crippen molar-refractivity contribution in [2.45, 2.75) is 25.9 Å². The van der Waals surface area contributed by atoms with Gasteiger partial charge in [0.05, 0.1) is 23.0 Å². The molecule has 3 aromatic rings. The summed E-state index contributed by atoms with van der Waals surface area (Å²) in [6, 6.07) is 23.9. The van der Waals surface area contributed by atoms with E-state index in [-0.39, 0.29) is 18.2 Å². The molecule has 5 heteroatoms. The molecule has 0 aliphatic carbocycles. The highest BCUT2D eigenvalue weighted by Crippen LogP contribution is 2.21. The third-order valence-corrected chi connectivity index (χ3v) is 5.43. The van der Waals surface area contributed by atoms with E-state index >= 15 is 0 Å². The first-order valence-electron chi connectivity index (χ1n) is 9.84. The quantitative estimate of drug-likeness (QED) is 0.573. The van der Waals surface area contributed by atoms with Crippen LogP contribution in [0.1, 0.15) is 39.5 Å². The molecule has 0 radical (unpaired) electrons. The van der Waals surface area contributed by atoms with E-state index in [0.717, 1.165) is 16.7 Å². The van der Waals surface area contributed by atoms with Gasteiger partial charge in [-0.25, -0.2) is 0 Å². The molecule has 0 saturated carbocycles. The molecule has 4 nitrogen and oxygen atoms in total. The zero-order valence-corrected chi connectivity index (χ0v) is 17.9. The smallest absolute Gasteiger partial charge is 0.253 e. The van der Waals surface area contributed by atoms with E-state index in [1.807, 2.05) is 61.5 Å². The van der Waals surface area contributed by atoms with E-state index in [1.54, 1.807) is 36.2 Å². The van der Waals surface area contributed by atoms with Crippen LogP contribution in [0.3, 0.4) is 0 Å². The summed E-state index contributed by atoms with van der Waals surface area (Å²) >= 11 is 6.17. The highest BCUT2D eigenvalue weighted by molar-refractivity contribution is 6.33. The molecule has 2 amide bonds. The minimum atomic E-state index is -0.457. The lowest BCUT2D eigenvalue weighted by molar-refractivity contribution is -0.130. The Labute approximate surface area is 182 Å². The van der Waals surface area contributed by atoms with Crippen molar-refractivity contribution >= 4 is 23.4 Å². The average Bonchev–Trinajstić information content (AvgIpc) is 2.75. The molecule has 0 aromatic heterocycles. The van der Waals surface area contributed by atoms with Crippen molar-refractivity contribution in [1.82, 2.24) is 10.2 Å². The van der Waals surface area contributed by atoms with Gasteiger partial charge in [0.2, 0.25) is 5.91 Å². The van der Waals surface area contributed by atoms with Crippen molar-refractivity contribution < 1.29 is 9.59 Å². The molecule has 0 heterocycles. The molecular weight excluding hydrogens is 396 g/mol. The molecule has 0 saturated heterocycles. The normalized spacial score (nSPS) is 11.6. The molecule has 1 N–H and O–H groups in total. The molecule has 0 fully saturated rings. The van der Waals surface area contributed by atoms with Gasteiger partial charge in [-0.05, 0) is 35.7 Å². The van der Waals surface area contributed by atoms with E-state index in [1.165, 1.54) is 0 Å². The lowest BCUT2D eigenvalue weighted by Crippen LogP contribution is -2.34. The molecule has 0 spiro atoms. The summed E-state index contributed by atoms with van der Waals surface area (Å²) in [7, 11) is 1.78. The fourth-order valence-electron chi connectivity index (χ4n) is 3.28. The highest BCUT2D eigenvalue weighted by Gasteiger charge is 2.22. The Kier molecular flexibility index (Phi) is 7.26. The highest BCUT2D eigenvalue weighted by atomic mass is 35.5. The third-order valence-electron chi connectivity index (χ3n) is 5.10. The lowest BCUT2D eigenvalue weighted by atomic mass is 10.0. The molecule has 0 aliphatic rings.